The van der Waals surface area contributed by atoms with Crippen LogP contribution in [-0.4, -0.2) is 38.6 Å². The summed E-state index contributed by atoms with van der Waals surface area (Å²) in [4.78, 5) is 38.8. The van der Waals surface area contributed by atoms with Crippen molar-refractivity contribution < 1.29 is 19.2 Å². The van der Waals surface area contributed by atoms with Gasteiger partial charge in [-0.25, -0.2) is 4.68 Å². The van der Waals surface area contributed by atoms with Crippen molar-refractivity contribution in [1.29, 1.82) is 0 Å². The molecule has 0 fully saturated rings. The largest absolute Gasteiger partial charge is 0.494 e. The Kier molecular flexibility index (Phi) is 4.52. The molecule has 0 saturated heterocycles. The SMILES string of the molecule is CCc1nc2n(n1)[C@H](CC(=O)Nc1ccc([N+](=O)[O-])cc1OC)C(=O)N2. The highest BCUT2D eigenvalue weighted by molar-refractivity contribution is 6.01. The molecule has 0 unspecified atom stereocenters. The number of amides is 2. The third kappa shape index (κ3) is 3.18. The molecule has 1 aliphatic rings. The Bertz CT molecular complexity index is 893. The predicted molar refractivity (Wildman–Crippen MR) is 90.0 cm³/mol. The lowest BCUT2D eigenvalue weighted by Gasteiger charge is -2.12. The van der Waals surface area contributed by atoms with Crippen molar-refractivity contribution in [2.45, 2.75) is 25.8 Å². The first-order valence-corrected chi connectivity index (χ1v) is 7.81. The fraction of sp³-hybridized carbons (Fsp3) is 0.333. The van der Waals surface area contributed by atoms with Crippen LogP contribution in [0.2, 0.25) is 0 Å². The minimum Gasteiger partial charge on any atom is -0.494 e. The number of carbonyl (C=O) groups is 2. The maximum atomic E-state index is 12.3. The summed E-state index contributed by atoms with van der Waals surface area (Å²) in [6, 6.07) is 3.03. The molecule has 136 valence electrons. The maximum absolute atomic E-state index is 12.3. The van der Waals surface area contributed by atoms with Crippen molar-refractivity contribution in [1.82, 2.24) is 14.8 Å². The van der Waals surface area contributed by atoms with Crippen molar-refractivity contribution in [3.63, 3.8) is 0 Å². The highest BCUT2D eigenvalue weighted by Gasteiger charge is 2.34. The van der Waals surface area contributed by atoms with Gasteiger partial charge in [-0.3, -0.25) is 25.0 Å². The van der Waals surface area contributed by atoms with E-state index in [4.69, 9.17) is 4.74 Å². The third-order valence-corrected chi connectivity index (χ3v) is 3.87. The maximum Gasteiger partial charge on any atom is 0.273 e. The Morgan fingerprint density at radius 2 is 2.27 bits per heavy atom. The van der Waals surface area contributed by atoms with E-state index in [0.717, 1.165) is 0 Å². The molecule has 0 bridgehead atoms. The first-order valence-electron chi connectivity index (χ1n) is 7.81. The van der Waals surface area contributed by atoms with E-state index >= 15 is 0 Å². The van der Waals surface area contributed by atoms with Crippen LogP contribution in [0.15, 0.2) is 18.2 Å². The summed E-state index contributed by atoms with van der Waals surface area (Å²) in [5, 5.41) is 20.2. The van der Waals surface area contributed by atoms with Crippen LogP contribution in [0.25, 0.3) is 0 Å². The Hall–Kier alpha value is -3.50. The molecule has 0 spiro atoms. The Labute approximate surface area is 147 Å². The van der Waals surface area contributed by atoms with Gasteiger partial charge < -0.3 is 10.1 Å². The quantitative estimate of drug-likeness (QED) is 0.584. The van der Waals surface area contributed by atoms with E-state index in [0.29, 0.717) is 18.2 Å². The molecule has 1 aromatic heterocycles. The molecule has 2 heterocycles. The van der Waals surface area contributed by atoms with E-state index in [2.05, 4.69) is 20.7 Å². The van der Waals surface area contributed by atoms with Gasteiger partial charge in [0.15, 0.2) is 5.82 Å². The second-order valence-corrected chi connectivity index (χ2v) is 5.55. The number of hydrogen-bond donors (Lipinski definition) is 2. The Morgan fingerprint density at radius 1 is 1.50 bits per heavy atom. The molecule has 0 saturated carbocycles. The molecule has 1 aromatic carbocycles. The van der Waals surface area contributed by atoms with Gasteiger partial charge in [-0.2, -0.15) is 10.1 Å². The second kappa shape index (κ2) is 6.78. The smallest absolute Gasteiger partial charge is 0.273 e. The van der Waals surface area contributed by atoms with E-state index in [-0.39, 0.29) is 29.5 Å². The number of nitro groups is 1. The number of aryl methyl sites for hydroxylation is 1. The molecule has 26 heavy (non-hydrogen) atoms. The van der Waals surface area contributed by atoms with Crippen molar-refractivity contribution in [2.24, 2.45) is 0 Å². The standard InChI is InChI=1S/C15H16N6O5/c1-3-12-17-15-18-14(23)10(20(15)19-12)7-13(22)16-9-5-4-8(21(24)25)6-11(9)26-2/h4-6,10H,3,7H2,1-2H3,(H,16,22)(H,17,18,19,23)/t10-/m1/s1. The summed E-state index contributed by atoms with van der Waals surface area (Å²) in [7, 11) is 1.34. The fourth-order valence-corrected chi connectivity index (χ4v) is 2.58. The van der Waals surface area contributed by atoms with Crippen LogP contribution in [-0.2, 0) is 16.0 Å². The summed E-state index contributed by atoms with van der Waals surface area (Å²) in [5.41, 5.74) is 0.115. The number of fused-ring (bicyclic) bond motifs is 1. The summed E-state index contributed by atoms with van der Waals surface area (Å²) < 4.78 is 6.47. The number of carbonyl (C=O) groups excluding carboxylic acids is 2. The molecule has 2 N–H and O–H groups in total. The van der Waals surface area contributed by atoms with Gasteiger partial charge in [0.25, 0.3) is 11.6 Å². The lowest BCUT2D eigenvalue weighted by Crippen LogP contribution is -2.24. The Morgan fingerprint density at radius 3 is 2.92 bits per heavy atom. The Balaban J connectivity index is 1.75. The van der Waals surface area contributed by atoms with Gasteiger partial charge >= 0.3 is 0 Å². The molecule has 0 radical (unpaired) electrons. The van der Waals surface area contributed by atoms with Gasteiger partial charge in [-0.05, 0) is 6.07 Å². The fourth-order valence-electron chi connectivity index (χ4n) is 2.58. The normalized spacial score (nSPS) is 15.3. The summed E-state index contributed by atoms with van der Waals surface area (Å²) in [5.74, 6) is 0.213. The first kappa shape index (κ1) is 17.3. The zero-order chi connectivity index (χ0) is 18.8. The number of rotatable bonds is 6. The number of nitro benzene ring substituents is 1. The first-order chi connectivity index (χ1) is 12.4. The molecule has 11 nitrogen and oxygen atoms in total. The summed E-state index contributed by atoms with van der Waals surface area (Å²) in [6.45, 7) is 1.88. The number of nitrogens with one attached hydrogen (secondary N) is 2. The van der Waals surface area contributed by atoms with Gasteiger partial charge in [-0.1, -0.05) is 6.92 Å². The van der Waals surface area contributed by atoms with Gasteiger partial charge in [0.05, 0.1) is 30.2 Å². The lowest BCUT2D eigenvalue weighted by molar-refractivity contribution is -0.384. The molecular weight excluding hydrogens is 344 g/mol. The molecular formula is C15H16N6O5. The van der Waals surface area contributed by atoms with E-state index in [1.807, 2.05) is 6.92 Å². The molecule has 1 aliphatic heterocycles. The number of benzene rings is 1. The van der Waals surface area contributed by atoms with Gasteiger partial charge in [0.2, 0.25) is 11.9 Å². The van der Waals surface area contributed by atoms with Crippen LogP contribution >= 0.6 is 0 Å². The average molecular weight is 360 g/mol. The topological polar surface area (TPSA) is 141 Å². The molecule has 2 amide bonds. The molecule has 1 atom stereocenters. The molecule has 3 rings (SSSR count). The van der Waals surface area contributed by atoms with E-state index in [1.54, 1.807) is 0 Å². The number of non-ortho nitro benzene ring substituents is 1. The van der Waals surface area contributed by atoms with Crippen molar-refractivity contribution in [3.8, 4) is 5.75 Å². The van der Waals surface area contributed by atoms with Crippen LogP contribution in [0, 0.1) is 10.1 Å². The van der Waals surface area contributed by atoms with Crippen LogP contribution < -0.4 is 15.4 Å². The molecule has 11 heteroatoms. The van der Waals surface area contributed by atoms with Gasteiger partial charge in [0.1, 0.15) is 11.8 Å². The van der Waals surface area contributed by atoms with Crippen molar-refractivity contribution >= 4 is 29.1 Å². The number of methoxy groups -OCH3 is 1. The monoisotopic (exact) mass is 360 g/mol. The van der Waals surface area contributed by atoms with Crippen molar-refractivity contribution in [2.75, 3.05) is 17.7 Å². The van der Waals surface area contributed by atoms with E-state index in [9.17, 15) is 19.7 Å². The minimum atomic E-state index is -0.804. The van der Waals surface area contributed by atoms with Gasteiger partial charge in [0, 0.05) is 12.5 Å². The number of anilines is 2. The number of ether oxygens (including phenoxy) is 1. The minimum absolute atomic E-state index is 0.151. The van der Waals surface area contributed by atoms with Crippen LogP contribution in [0.5, 0.6) is 5.75 Å². The number of hydrogen-bond acceptors (Lipinski definition) is 7. The molecule has 2 aromatic rings. The third-order valence-electron chi connectivity index (χ3n) is 3.87. The van der Waals surface area contributed by atoms with Crippen LogP contribution in [0.4, 0.5) is 17.3 Å². The predicted octanol–water partition coefficient (Wildman–Crippen LogP) is 1.28. The van der Waals surface area contributed by atoms with Crippen LogP contribution in [0.3, 0.4) is 0 Å². The van der Waals surface area contributed by atoms with E-state index in [1.165, 1.54) is 30.0 Å². The van der Waals surface area contributed by atoms with Crippen molar-refractivity contribution in [3.05, 3.63) is 34.1 Å². The summed E-state index contributed by atoms with van der Waals surface area (Å²) >= 11 is 0. The van der Waals surface area contributed by atoms with E-state index < -0.39 is 16.9 Å². The number of nitrogens with zero attached hydrogens (tertiary/aromatic N) is 4. The second-order valence-electron chi connectivity index (χ2n) is 5.55. The van der Waals surface area contributed by atoms with Crippen LogP contribution in [0.1, 0.15) is 25.2 Å². The zero-order valence-electron chi connectivity index (χ0n) is 14.1. The average Bonchev–Trinajstić information content (AvgIpc) is 3.13. The highest BCUT2D eigenvalue weighted by atomic mass is 16.6. The zero-order valence-corrected chi connectivity index (χ0v) is 14.1. The summed E-state index contributed by atoms with van der Waals surface area (Å²) in [6.07, 6.45) is 0.445. The highest BCUT2D eigenvalue weighted by Crippen LogP contribution is 2.30. The van der Waals surface area contributed by atoms with Gasteiger partial charge in [-0.15, -0.1) is 0 Å². The molecule has 0 aliphatic carbocycles. The lowest BCUT2D eigenvalue weighted by atomic mass is 10.2. The number of aromatic nitrogens is 3.